The van der Waals surface area contributed by atoms with Gasteiger partial charge in [-0.05, 0) is 281 Å². The Balaban J connectivity index is 1.13. The Labute approximate surface area is 664 Å². The molecule has 0 amide bonds. The third-order valence-electron chi connectivity index (χ3n) is 23.4. The molecular formula is C103H120N4O4. The van der Waals surface area contributed by atoms with Crippen molar-refractivity contribution in [3.8, 4) is 17.2 Å². The Bertz CT molecular complexity index is 5160. The van der Waals surface area contributed by atoms with E-state index in [9.17, 15) is 20.4 Å². The molecule has 0 bridgehead atoms. The molecular weight excluding hydrogens is 1360 g/mol. The van der Waals surface area contributed by atoms with Gasteiger partial charge in [0.15, 0.2) is 0 Å². The summed E-state index contributed by atoms with van der Waals surface area (Å²) in [6.07, 6.45) is 9.55. The molecule has 0 aromatic heterocycles. The maximum atomic E-state index is 13.7. The summed E-state index contributed by atoms with van der Waals surface area (Å²) in [7, 11) is 0. The second kappa shape index (κ2) is 35.5. The van der Waals surface area contributed by atoms with Crippen LogP contribution in [-0.2, 0) is 65.0 Å². The smallest absolute Gasteiger partial charge is 0.122 e. The number of aryl methyl sites for hydroxylation is 15. The van der Waals surface area contributed by atoms with Crippen LogP contribution in [0, 0.1) is 96.9 Å². The molecule has 111 heavy (non-hydrogen) atoms. The molecule has 0 aliphatic heterocycles. The van der Waals surface area contributed by atoms with Gasteiger partial charge < -0.3 is 40.0 Å². The SMILES string of the molecule is C=C(O)C(=C/C(=C\C)N(Cc1ccc(C)cc1C)Cc1ccc(C)cc1C)Cc1cc(N(Cc2ccc(C)cc2C)C(C)c2ccc(C)cc2C)cc(Cc2cc(N(Cc3ccc(C)cc3C)Cc3ccc(C)cc3C)cc(Cc3cc(N(CC4=C(C)C=C(C)CC4)Cc4ccc(C)cc4C)cc(CC)c3O)c2O)c1O. The number of nitrogens with zero attached hydrogens (tertiary/aromatic N) is 4. The Hall–Kier alpha value is -10.7. The van der Waals surface area contributed by atoms with Crippen molar-refractivity contribution >= 4 is 17.1 Å². The molecule has 1 aliphatic carbocycles. The average molecular weight is 1480 g/mol. The summed E-state index contributed by atoms with van der Waals surface area (Å²) in [4.78, 5) is 9.76. The first kappa shape index (κ1) is 81.3. The van der Waals surface area contributed by atoms with Crippen molar-refractivity contribution in [1.82, 2.24) is 4.90 Å². The molecule has 0 saturated carbocycles. The number of phenols is 3. The standard InChI is InChI=1S/C103H120N4O4/c1-21-82-50-97(105(59-85-33-25-66(5)41-74(85)13)60-86-34-26-67(6)42-75(86)14)52-92(101(82)109)48-93-53-98(106(61-87-35-27-68(7)43-76(87)15)62-88-36-28-69(8)44-77(88)16)54-94(103(93)111)49-95-56-99(107(63-89-37-29-70(9)45-78(89)17)80(19)100-38-30-71(10)46-79(100)18)55-91(102(95)110)47-90(81(20)108)51-96(22-2)104(57-83-31-23-64(3)39-72(83)11)58-84-32-24-65(4)40-73(84)12/h22-25,27-33,35-46,50-56,80,108-111H,20-21,26,34,47-49,57-63H2,1-19H3/b90-51?,96-22+. The van der Waals surface area contributed by atoms with Gasteiger partial charge in [0.1, 0.15) is 23.0 Å². The third-order valence-corrected chi connectivity index (χ3v) is 23.4. The van der Waals surface area contributed by atoms with Crippen LogP contribution in [0.15, 0.2) is 222 Å². The highest BCUT2D eigenvalue weighted by Crippen LogP contribution is 2.44. The quantitative estimate of drug-likeness (QED) is 0.0272. The van der Waals surface area contributed by atoms with E-state index >= 15 is 0 Å². The molecule has 4 N–H and O–H groups in total. The maximum absolute atomic E-state index is 13.7. The number of anilines is 3. The molecule has 11 rings (SSSR count). The van der Waals surface area contributed by atoms with Gasteiger partial charge in [0.25, 0.3) is 0 Å². The van der Waals surface area contributed by atoms with Crippen LogP contribution in [-0.4, -0.2) is 31.9 Å². The zero-order valence-corrected chi connectivity index (χ0v) is 69.9. The normalized spacial score (nSPS) is 12.9. The van der Waals surface area contributed by atoms with Gasteiger partial charge in [-0.15, -0.1) is 0 Å². The molecule has 576 valence electrons. The van der Waals surface area contributed by atoms with E-state index in [0.717, 1.165) is 47.7 Å². The van der Waals surface area contributed by atoms with E-state index in [1.54, 1.807) is 0 Å². The number of aromatic hydroxyl groups is 3. The fourth-order valence-corrected chi connectivity index (χ4v) is 16.6. The number of aliphatic hydroxyl groups excluding tert-OH is 1. The number of allylic oxidation sites excluding steroid dienone is 6. The first-order valence-corrected chi connectivity index (χ1v) is 40.0. The van der Waals surface area contributed by atoms with Crippen molar-refractivity contribution in [1.29, 1.82) is 0 Å². The minimum Gasteiger partial charge on any atom is -0.508 e. The number of rotatable bonds is 29. The lowest BCUT2D eigenvalue weighted by molar-refractivity contribution is 0.336. The molecule has 10 aromatic carbocycles. The van der Waals surface area contributed by atoms with Gasteiger partial charge in [0.05, 0.1) is 6.04 Å². The fourth-order valence-electron chi connectivity index (χ4n) is 16.6. The van der Waals surface area contributed by atoms with Gasteiger partial charge in [0, 0.05) is 116 Å². The van der Waals surface area contributed by atoms with E-state index in [1.807, 2.05) is 0 Å². The minimum atomic E-state index is -0.164. The third kappa shape index (κ3) is 19.9. The molecule has 8 heteroatoms. The van der Waals surface area contributed by atoms with E-state index in [2.05, 4.69) is 340 Å². The van der Waals surface area contributed by atoms with Gasteiger partial charge >= 0.3 is 0 Å². The molecule has 1 unspecified atom stereocenters. The van der Waals surface area contributed by atoms with Crippen LogP contribution in [0.4, 0.5) is 17.1 Å². The van der Waals surface area contributed by atoms with Gasteiger partial charge in [0.2, 0.25) is 0 Å². The lowest BCUT2D eigenvalue weighted by atomic mass is 9.91. The van der Waals surface area contributed by atoms with E-state index in [-0.39, 0.29) is 48.3 Å². The number of hydrogen-bond donors (Lipinski definition) is 4. The second-order valence-corrected chi connectivity index (χ2v) is 32.6. The highest BCUT2D eigenvalue weighted by molar-refractivity contribution is 5.67. The van der Waals surface area contributed by atoms with Crippen LogP contribution in [0.3, 0.4) is 0 Å². The molecule has 0 radical (unpaired) electrons. The summed E-state index contributed by atoms with van der Waals surface area (Å²) in [6, 6.07) is 59.5. The predicted octanol–water partition coefficient (Wildman–Crippen LogP) is 25.0. The van der Waals surface area contributed by atoms with Crippen molar-refractivity contribution in [3.63, 3.8) is 0 Å². The Morgan fingerprint density at radius 3 is 1.12 bits per heavy atom. The first-order chi connectivity index (χ1) is 52.9. The van der Waals surface area contributed by atoms with Crippen molar-refractivity contribution in [3.05, 3.63) is 373 Å². The molecule has 1 atom stereocenters. The van der Waals surface area contributed by atoms with Gasteiger partial charge in [-0.2, -0.15) is 0 Å². The van der Waals surface area contributed by atoms with E-state index in [1.165, 1.54) is 134 Å². The molecule has 0 spiro atoms. The van der Waals surface area contributed by atoms with Crippen LogP contribution < -0.4 is 14.7 Å². The van der Waals surface area contributed by atoms with E-state index < -0.39 is 0 Å². The Morgan fingerprint density at radius 2 is 0.739 bits per heavy atom. The average Bonchev–Trinajstić information content (AvgIpc) is 0.776. The highest BCUT2D eigenvalue weighted by Gasteiger charge is 2.28. The molecule has 1 aliphatic rings. The molecule has 10 aromatic rings. The van der Waals surface area contributed by atoms with Gasteiger partial charge in [-0.25, -0.2) is 0 Å². The summed E-state index contributed by atoms with van der Waals surface area (Å²) >= 11 is 0. The largest absolute Gasteiger partial charge is 0.508 e. The van der Waals surface area contributed by atoms with Crippen LogP contribution in [0.1, 0.15) is 204 Å². The fraction of sp³-hybridized carbons (Fsp3) is 0.320. The number of hydrogen-bond acceptors (Lipinski definition) is 8. The zero-order chi connectivity index (χ0) is 79.8. The molecule has 8 nitrogen and oxygen atoms in total. The highest BCUT2D eigenvalue weighted by atomic mass is 16.3. The van der Waals surface area contributed by atoms with Crippen molar-refractivity contribution in [2.45, 2.75) is 215 Å². The number of benzene rings is 10. The zero-order valence-electron chi connectivity index (χ0n) is 69.9. The van der Waals surface area contributed by atoms with E-state index in [4.69, 9.17) is 0 Å². The van der Waals surface area contributed by atoms with Crippen molar-refractivity contribution in [2.75, 3.05) is 21.2 Å². The van der Waals surface area contributed by atoms with Crippen LogP contribution >= 0.6 is 0 Å². The first-order valence-electron chi connectivity index (χ1n) is 40.0. The lowest BCUT2D eigenvalue weighted by Crippen LogP contribution is -2.27. The van der Waals surface area contributed by atoms with Crippen LogP contribution in [0.2, 0.25) is 0 Å². The molecule has 0 heterocycles. The summed E-state index contributed by atoms with van der Waals surface area (Å²) in [6.45, 7) is 49.8. The molecule has 0 fully saturated rings. The monoisotopic (exact) mass is 1480 g/mol. The van der Waals surface area contributed by atoms with E-state index in [0.29, 0.717) is 79.1 Å². The Morgan fingerprint density at radius 1 is 0.396 bits per heavy atom. The summed E-state index contributed by atoms with van der Waals surface area (Å²) < 4.78 is 0. The predicted molar refractivity (Wildman–Crippen MR) is 469 cm³/mol. The second-order valence-electron chi connectivity index (χ2n) is 32.6. The van der Waals surface area contributed by atoms with Crippen LogP contribution in [0.25, 0.3) is 0 Å². The summed E-state index contributed by atoms with van der Waals surface area (Å²) in [5.74, 6) is 0.274. The maximum Gasteiger partial charge on any atom is 0.122 e. The topological polar surface area (TPSA) is 93.9 Å². The summed E-state index contributed by atoms with van der Waals surface area (Å²) in [5.41, 5.74) is 37.5. The summed E-state index contributed by atoms with van der Waals surface area (Å²) in [5, 5.41) is 52.4. The van der Waals surface area contributed by atoms with Crippen LogP contribution in [0.5, 0.6) is 17.2 Å². The van der Waals surface area contributed by atoms with Crippen molar-refractivity contribution in [2.24, 2.45) is 0 Å². The Kier molecular flexibility index (Phi) is 26.0. The minimum absolute atomic E-state index is 0.0607. The van der Waals surface area contributed by atoms with Gasteiger partial charge in [-0.3, -0.25) is 0 Å². The van der Waals surface area contributed by atoms with Crippen molar-refractivity contribution < 1.29 is 20.4 Å². The van der Waals surface area contributed by atoms with Gasteiger partial charge in [-0.1, -0.05) is 203 Å². The number of phenolic OH excluding ortho intramolecular Hbond substituents is 3. The molecule has 0 saturated heterocycles. The lowest BCUT2D eigenvalue weighted by Gasteiger charge is -2.34. The number of aliphatic hydroxyl groups is 1.